The van der Waals surface area contributed by atoms with Crippen LogP contribution >= 0.6 is 0 Å². The van der Waals surface area contributed by atoms with Crippen LogP contribution in [-0.4, -0.2) is 16.9 Å². The fraction of sp³-hybridized carbons (Fsp3) is 0.273. The second kappa shape index (κ2) is 3.62. The van der Waals surface area contributed by atoms with Crippen molar-refractivity contribution in [3.63, 3.8) is 0 Å². The average molecular weight is 192 g/mol. The van der Waals surface area contributed by atoms with E-state index in [9.17, 15) is 9.59 Å². The van der Waals surface area contributed by atoms with Gasteiger partial charge >= 0.3 is 5.97 Å². The minimum absolute atomic E-state index is 0.115. The second-order valence-corrected chi connectivity index (χ2v) is 3.33. The number of ketones is 1. The fourth-order valence-corrected chi connectivity index (χ4v) is 1.28. The number of Topliss-reactive ketones (excluding diaryl/α,β-unsaturated/α-hetero) is 1. The van der Waals surface area contributed by atoms with Crippen LogP contribution in [0.4, 0.5) is 0 Å². The maximum absolute atomic E-state index is 11.1. The Hall–Kier alpha value is -1.64. The molecule has 0 fully saturated rings. The first-order chi connectivity index (χ1) is 6.43. The van der Waals surface area contributed by atoms with Crippen molar-refractivity contribution in [2.24, 2.45) is 0 Å². The van der Waals surface area contributed by atoms with E-state index in [1.165, 1.54) is 13.0 Å². The van der Waals surface area contributed by atoms with Gasteiger partial charge in [0.05, 0.1) is 5.56 Å². The minimum Gasteiger partial charge on any atom is -0.478 e. The van der Waals surface area contributed by atoms with Gasteiger partial charge in [0, 0.05) is 5.56 Å². The molecule has 0 saturated carbocycles. The topological polar surface area (TPSA) is 54.4 Å². The van der Waals surface area contributed by atoms with Gasteiger partial charge in [0.2, 0.25) is 0 Å². The Morgan fingerprint density at radius 2 is 1.79 bits per heavy atom. The van der Waals surface area contributed by atoms with Gasteiger partial charge in [-0.1, -0.05) is 0 Å². The molecular weight excluding hydrogens is 180 g/mol. The van der Waals surface area contributed by atoms with Crippen molar-refractivity contribution in [2.75, 3.05) is 0 Å². The summed E-state index contributed by atoms with van der Waals surface area (Å²) in [5, 5.41) is 8.89. The Kier molecular flexibility index (Phi) is 2.70. The lowest BCUT2D eigenvalue weighted by atomic mass is 9.98. The summed E-state index contributed by atoms with van der Waals surface area (Å²) in [5.74, 6) is -1.11. The van der Waals surface area contributed by atoms with E-state index in [0.717, 1.165) is 5.56 Å². The Labute approximate surface area is 82.4 Å². The number of carboxylic acids is 1. The number of rotatable bonds is 2. The van der Waals surface area contributed by atoms with E-state index in [1.54, 1.807) is 19.9 Å². The maximum Gasteiger partial charge on any atom is 0.335 e. The molecule has 3 heteroatoms. The largest absolute Gasteiger partial charge is 0.478 e. The molecule has 1 aromatic rings. The Bertz CT molecular complexity index is 405. The molecule has 74 valence electrons. The highest BCUT2D eigenvalue weighted by molar-refractivity contribution is 5.98. The van der Waals surface area contributed by atoms with Crippen molar-refractivity contribution < 1.29 is 14.7 Å². The van der Waals surface area contributed by atoms with Crippen LogP contribution in [-0.2, 0) is 0 Å². The van der Waals surface area contributed by atoms with Gasteiger partial charge in [-0.15, -0.1) is 0 Å². The number of carboxylic acid groups (broad SMARTS) is 1. The molecule has 0 bridgehead atoms. The van der Waals surface area contributed by atoms with E-state index in [0.29, 0.717) is 11.1 Å². The Balaban J connectivity index is 3.43. The normalized spacial score (nSPS) is 9.93. The zero-order valence-corrected chi connectivity index (χ0v) is 8.42. The van der Waals surface area contributed by atoms with E-state index in [1.807, 2.05) is 0 Å². The molecule has 14 heavy (non-hydrogen) atoms. The average Bonchev–Trinajstić information content (AvgIpc) is 2.08. The van der Waals surface area contributed by atoms with Crippen molar-refractivity contribution >= 4 is 11.8 Å². The molecule has 0 heterocycles. The van der Waals surface area contributed by atoms with Crippen LogP contribution in [0.15, 0.2) is 12.1 Å². The SMILES string of the molecule is CC(=O)c1cc(C)c(C)c(C(=O)O)c1. The molecular formula is C11H12O3. The van der Waals surface area contributed by atoms with Crippen molar-refractivity contribution in [3.05, 3.63) is 34.4 Å². The standard InChI is InChI=1S/C11H12O3/c1-6-4-9(8(3)12)5-10(7(6)2)11(13)14/h4-5H,1-3H3,(H,13,14). The third kappa shape index (κ3) is 1.82. The van der Waals surface area contributed by atoms with Crippen LogP contribution in [0.1, 0.15) is 38.8 Å². The molecule has 0 aliphatic heterocycles. The summed E-state index contributed by atoms with van der Waals surface area (Å²) in [6.45, 7) is 4.96. The van der Waals surface area contributed by atoms with Gasteiger partial charge < -0.3 is 5.11 Å². The van der Waals surface area contributed by atoms with Crippen LogP contribution in [0.2, 0.25) is 0 Å². The lowest BCUT2D eigenvalue weighted by molar-refractivity contribution is 0.0696. The summed E-state index contributed by atoms with van der Waals surface area (Å²) in [4.78, 5) is 21.9. The zero-order valence-electron chi connectivity index (χ0n) is 8.42. The molecule has 0 radical (unpaired) electrons. The summed E-state index contributed by atoms with van der Waals surface area (Å²) >= 11 is 0. The molecule has 1 aromatic carbocycles. The molecule has 3 nitrogen and oxygen atoms in total. The van der Waals surface area contributed by atoms with Crippen molar-refractivity contribution in [1.82, 2.24) is 0 Å². The molecule has 0 unspecified atom stereocenters. The number of hydrogen-bond acceptors (Lipinski definition) is 2. The third-order valence-corrected chi connectivity index (χ3v) is 2.30. The number of aryl methyl sites for hydroxylation is 1. The van der Waals surface area contributed by atoms with Crippen molar-refractivity contribution in [1.29, 1.82) is 0 Å². The monoisotopic (exact) mass is 192 g/mol. The highest BCUT2D eigenvalue weighted by atomic mass is 16.4. The molecule has 0 aliphatic rings. The first kappa shape index (κ1) is 10.4. The van der Waals surface area contributed by atoms with Crippen LogP contribution in [0.5, 0.6) is 0 Å². The summed E-state index contributed by atoms with van der Waals surface area (Å²) < 4.78 is 0. The summed E-state index contributed by atoms with van der Waals surface area (Å²) in [5.41, 5.74) is 2.19. The number of aromatic carboxylic acids is 1. The molecule has 1 rings (SSSR count). The van der Waals surface area contributed by atoms with Crippen LogP contribution in [0.3, 0.4) is 0 Å². The summed E-state index contributed by atoms with van der Waals surface area (Å²) in [6, 6.07) is 3.14. The molecule has 0 aromatic heterocycles. The molecule has 1 N–H and O–H groups in total. The van der Waals surface area contributed by atoms with Crippen LogP contribution < -0.4 is 0 Å². The van der Waals surface area contributed by atoms with E-state index in [-0.39, 0.29) is 11.3 Å². The van der Waals surface area contributed by atoms with E-state index >= 15 is 0 Å². The predicted octanol–water partition coefficient (Wildman–Crippen LogP) is 2.20. The van der Waals surface area contributed by atoms with E-state index in [2.05, 4.69) is 0 Å². The highest BCUT2D eigenvalue weighted by Gasteiger charge is 2.12. The quantitative estimate of drug-likeness (QED) is 0.731. The number of hydrogen-bond donors (Lipinski definition) is 1. The van der Waals surface area contributed by atoms with E-state index in [4.69, 9.17) is 5.11 Å². The van der Waals surface area contributed by atoms with Gasteiger partial charge in [-0.3, -0.25) is 4.79 Å². The van der Waals surface area contributed by atoms with Crippen LogP contribution in [0.25, 0.3) is 0 Å². The molecule has 0 atom stereocenters. The smallest absolute Gasteiger partial charge is 0.335 e. The molecule has 0 saturated heterocycles. The van der Waals surface area contributed by atoms with Crippen molar-refractivity contribution in [2.45, 2.75) is 20.8 Å². The first-order valence-corrected chi connectivity index (χ1v) is 4.29. The Morgan fingerprint density at radius 1 is 1.21 bits per heavy atom. The molecule has 0 amide bonds. The number of carbonyl (C=O) groups excluding carboxylic acids is 1. The third-order valence-electron chi connectivity index (χ3n) is 2.30. The van der Waals surface area contributed by atoms with Crippen molar-refractivity contribution in [3.8, 4) is 0 Å². The second-order valence-electron chi connectivity index (χ2n) is 3.33. The van der Waals surface area contributed by atoms with Crippen LogP contribution in [0, 0.1) is 13.8 Å². The Morgan fingerprint density at radius 3 is 2.21 bits per heavy atom. The summed E-state index contributed by atoms with van der Waals surface area (Å²) in [7, 11) is 0. The number of carbonyl (C=O) groups is 2. The van der Waals surface area contributed by atoms with Gasteiger partial charge in [-0.05, 0) is 44.0 Å². The first-order valence-electron chi connectivity index (χ1n) is 4.29. The van der Waals surface area contributed by atoms with Gasteiger partial charge in [0.15, 0.2) is 5.78 Å². The van der Waals surface area contributed by atoms with Gasteiger partial charge in [0.1, 0.15) is 0 Å². The fourth-order valence-electron chi connectivity index (χ4n) is 1.28. The number of benzene rings is 1. The zero-order chi connectivity index (χ0) is 10.9. The predicted molar refractivity (Wildman–Crippen MR) is 52.9 cm³/mol. The van der Waals surface area contributed by atoms with Gasteiger partial charge in [0.25, 0.3) is 0 Å². The summed E-state index contributed by atoms with van der Waals surface area (Å²) in [6.07, 6.45) is 0. The van der Waals surface area contributed by atoms with E-state index < -0.39 is 5.97 Å². The molecule has 0 aliphatic carbocycles. The maximum atomic E-state index is 11.1. The lowest BCUT2D eigenvalue weighted by Crippen LogP contribution is -2.05. The minimum atomic E-state index is -0.992. The lowest BCUT2D eigenvalue weighted by Gasteiger charge is -2.06. The van der Waals surface area contributed by atoms with Gasteiger partial charge in [-0.2, -0.15) is 0 Å². The highest BCUT2D eigenvalue weighted by Crippen LogP contribution is 2.16. The molecule has 0 spiro atoms. The van der Waals surface area contributed by atoms with Gasteiger partial charge in [-0.25, -0.2) is 4.79 Å².